The van der Waals surface area contributed by atoms with Crippen molar-refractivity contribution in [2.24, 2.45) is 5.92 Å². The highest BCUT2D eigenvalue weighted by Crippen LogP contribution is 2.14. The Hall–Kier alpha value is -0.610. The van der Waals surface area contributed by atoms with Gasteiger partial charge in [0, 0.05) is 13.0 Å². The molecule has 0 aliphatic carbocycles. The minimum atomic E-state index is -0.799. The van der Waals surface area contributed by atoms with Crippen LogP contribution in [0.3, 0.4) is 0 Å². The molecule has 1 unspecified atom stereocenters. The maximum Gasteiger partial charge on any atom is 0.220 e. The lowest BCUT2D eigenvalue weighted by atomic mass is 9.94. The second-order valence-corrected chi connectivity index (χ2v) is 5.08. The van der Waals surface area contributed by atoms with Gasteiger partial charge in [-0.1, -0.05) is 13.8 Å². The Morgan fingerprint density at radius 1 is 1.44 bits per heavy atom. The Bertz CT molecular complexity index is 203. The highest BCUT2D eigenvalue weighted by atomic mass is 16.3. The molecule has 96 valence electrons. The summed E-state index contributed by atoms with van der Waals surface area (Å²) in [6.45, 7) is 7.06. The maximum absolute atomic E-state index is 11.4. The summed E-state index contributed by atoms with van der Waals surface area (Å²) in [7, 11) is 1.87. The molecule has 0 aliphatic heterocycles. The van der Waals surface area contributed by atoms with E-state index in [2.05, 4.69) is 24.5 Å². The van der Waals surface area contributed by atoms with E-state index in [9.17, 15) is 9.90 Å². The van der Waals surface area contributed by atoms with Crippen LogP contribution < -0.4 is 10.6 Å². The molecule has 0 rings (SSSR count). The largest absolute Gasteiger partial charge is 0.388 e. The third-order valence-electron chi connectivity index (χ3n) is 2.35. The van der Waals surface area contributed by atoms with Crippen molar-refractivity contribution in [1.82, 2.24) is 10.6 Å². The van der Waals surface area contributed by atoms with Crippen LogP contribution in [-0.2, 0) is 4.79 Å². The van der Waals surface area contributed by atoms with Crippen LogP contribution in [0.15, 0.2) is 0 Å². The fourth-order valence-corrected chi connectivity index (χ4v) is 1.75. The smallest absolute Gasteiger partial charge is 0.220 e. The predicted molar refractivity (Wildman–Crippen MR) is 66.2 cm³/mol. The molecule has 3 N–H and O–H groups in total. The van der Waals surface area contributed by atoms with Crippen molar-refractivity contribution in [1.29, 1.82) is 0 Å². The molecule has 4 heteroatoms. The fraction of sp³-hybridized carbons (Fsp3) is 0.917. The number of carbonyl (C=O) groups is 1. The molecular formula is C12H26N2O2. The SMILES string of the molecule is CNCCCC(=O)NCC(C)(O)CC(C)C. The van der Waals surface area contributed by atoms with Crippen LogP contribution in [0.4, 0.5) is 0 Å². The molecule has 0 aromatic heterocycles. The van der Waals surface area contributed by atoms with Gasteiger partial charge in [-0.05, 0) is 39.3 Å². The first kappa shape index (κ1) is 15.4. The third kappa shape index (κ3) is 8.68. The fourth-order valence-electron chi connectivity index (χ4n) is 1.75. The zero-order valence-electron chi connectivity index (χ0n) is 11.0. The van der Waals surface area contributed by atoms with Crippen molar-refractivity contribution in [3.63, 3.8) is 0 Å². The Morgan fingerprint density at radius 2 is 2.06 bits per heavy atom. The number of amides is 1. The molecule has 0 radical (unpaired) electrons. The van der Waals surface area contributed by atoms with Crippen LogP contribution in [0.2, 0.25) is 0 Å². The number of carbonyl (C=O) groups excluding carboxylic acids is 1. The second-order valence-electron chi connectivity index (χ2n) is 5.08. The van der Waals surface area contributed by atoms with Crippen molar-refractivity contribution in [3.05, 3.63) is 0 Å². The van der Waals surface area contributed by atoms with E-state index in [-0.39, 0.29) is 5.91 Å². The zero-order chi connectivity index (χ0) is 12.6. The molecule has 4 nitrogen and oxygen atoms in total. The molecule has 0 saturated heterocycles. The summed E-state index contributed by atoms with van der Waals surface area (Å²) < 4.78 is 0. The van der Waals surface area contributed by atoms with Crippen LogP contribution in [0, 0.1) is 5.92 Å². The van der Waals surface area contributed by atoms with Gasteiger partial charge >= 0.3 is 0 Å². The molecule has 0 bridgehead atoms. The van der Waals surface area contributed by atoms with Gasteiger partial charge in [0.1, 0.15) is 0 Å². The standard InChI is InChI=1S/C12H26N2O2/c1-10(2)8-12(3,16)9-14-11(15)6-5-7-13-4/h10,13,16H,5-9H2,1-4H3,(H,14,15). The van der Waals surface area contributed by atoms with Crippen molar-refractivity contribution in [2.45, 2.75) is 45.6 Å². The van der Waals surface area contributed by atoms with Crippen LogP contribution >= 0.6 is 0 Å². The van der Waals surface area contributed by atoms with Crippen molar-refractivity contribution < 1.29 is 9.90 Å². The van der Waals surface area contributed by atoms with E-state index >= 15 is 0 Å². The van der Waals surface area contributed by atoms with Crippen molar-refractivity contribution in [2.75, 3.05) is 20.1 Å². The summed E-state index contributed by atoms with van der Waals surface area (Å²) in [4.78, 5) is 11.4. The summed E-state index contributed by atoms with van der Waals surface area (Å²) >= 11 is 0. The molecule has 0 saturated carbocycles. The van der Waals surface area contributed by atoms with E-state index in [1.54, 1.807) is 6.92 Å². The van der Waals surface area contributed by atoms with E-state index in [0.717, 1.165) is 13.0 Å². The summed E-state index contributed by atoms with van der Waals surface area (Å²) in [5, 5.41) is 15.7. The molecule has 1 atom stereocenters. The van der Waals surface area contributed by atoms with Crippen molar-refractivity contribution in [3.8, 4) is 0 Å². The average Bonchev–Trinajstić information content (AvgIpc) is 2.13. The van der Waals surface area contributed by atoms with Gasteiger partial charge in [-0.2, -0.15) is 0 Å². The van der Waals surface area contributed by atoms with Gasteiger partial charge in [-0.15, -0.1) is 0 Å². The summed E-state index contributed by atoms with van der Waals surface area (Å²) in [5.74, 6) is 0.440. The number of hydrogen-bond donors (Lipinski definition) is 3. The van der Waals surface area contributed by atoms with E-state index in [4.69, 9.17) is 0 Å². The van der Waals surface area contributed by atoms with Gasteiger partial charge in [-0.25, -0.2) is 0 Å². The number of rotatable bonds is 8. The summed E-state index contributed by atoms with van der Waals surface area (Å²) in [6, 6.07) is 0. The first-order valence-corrected chi connectivity index (χ1v) is 6.01. The van der Waals surface area contributed by atoms with E-state index in [1.807, 2.05) is 7.05 Å². The Morgan fingerprint density at radius 3 is 2.56 bits per heavy atom. The minimum Gasteiger partial charge on any atom is -0.388 e. The van der Waals surface area contributed by atoms with Gasteiger partial charge in [0.2, 0.25) is 5.91 Å². The van der Waals surface area contributed by atoms with Gasteiger partial charge < -0.3 is 15.7 Å². The number of aliphatic hydroxyl groups is 1. The second kappa shape index (κ2) is 7.63. The van der Waals surface area contributed by atoms with Gasteiger partial charge in [0.25, 0.3) is 0 Å². The molecule has 0 aliphatic rings. The lowest BCUT2D eigenvalue weighted by molar-refractivity contribution is -0.122. The number of nitrogens with one attached hydrogen (secondary N) is 2. The Labute approximate surface area is 98.8 Å². The van der Waals surface area contributed by atoms with E-state index in [0.29, 0.717) is 25.3 Å². The zero-order valence-corrected chi connectivity index (χ0v) is 11.0. The monoisotopic (exact) mass is 230 g/mol. The molecule has 0 aromatic rings. The highest BCUT2D eigenvalue weighted by Gasteiger charge is 2.22. The number of hydrogen-bond acceptors (Lipinski definition) is 3. The summed E-state index contributed by atoms with van der Waals surface area (Å²) in [6.07, 6.45) is 2.04. The predicted octanol–water partition coefficient (Wildman–Crippen LogP) is 0.899. The molecule has 1 amide bonds. The highest BCUT2D eigenvalue weighted by molar-refractivity contribution is 5.75. The Kier molecular flexibility index (Phi) is 7.34. The van der Waals surface area contributed by atoms with E-state index in [1.165, 1.54) is 0 Å². The molecule has 0 spiro atoms. The first-order valence-electron chi connectivity index (χ1n) is 6.01. The molecule has 0 heterocycles. The third-order valence-corrected chi connectivity index (χ3v) is 2.35. The lowest BCUT2D eigenvalue weighted by Gasteiger charge is -2.25. The maximum atomic E-state index is 11.4. The van der Waals surface area contributed by atoms with Crippen molar-refractivity contribution >= 4 is 5.91 Å². The van der Waals surface area contributed by atoms with Gasteiger partial charge in [0.05, 0.1) is 5.60 Å². The molecule has 16 heavy (non-hydrogen) atoms. The first-order chi connectivity index (χ1) is 7.37. The molecular weight excluding hydrogens is 204 g/mol. The normalized spacial score (nSPS) is 14.9. The van der Waals surface area contributed by atoms with Crippen LogP contribution in [-0.4, -0.2) is 36.8 Å². The quantitative estimate of drug-likeness (QED) is 0.543. The van der Waals surface area contributed by atoms with Gasteiger partial charge in [0.15, 0.2) is 0 Å². The minimum absolute atomic E-state index is 0.0132. The van der Waals surface area contributed by atoms with Gasteiger partial charge in [-0.3, -0.25) is 4.79 Å². The van der Waals surface area contributed by atoms with Crippen LogP contribution in [0.25, 0.3) is 0 Å². The van der Waals surface area contributed by atoms with E-state index < -0.39 is 5.60 Å². The molecule has 0 aromatic carbocycles. The summed E-state index contributed by atoms with van der Waals surface area (Å²) in [5.41, 5.74) is -0.799. The van der Waals surface area contributed by atoms with Crippen LogP contribution in [0.5, 0.6) is 0 Å². The topological polar surface area (TPSA) is 61.4 Å². The molecule has 0 fully saturated rings. The van der Waals surface area contributed by atoms with Crippen LogP contribution in [0.1, 0.15) is 40.0 Å². The Balaban J connectivity index is 3.72. The lowest BCUT2D eigenvalue weighted by Crippen LogP contribution is -2.41. The average molecular weight is 230 g/mol.